The van der Waals surface area contributed by atoms with Gasteiger partial charge in [-0.1, -0.05) is 54.4 Å². The first-order valence-electron chi connectivity index (χ1n) is 8.16. The third-order valence-electron chi connectivity index (χ3n) is 4.78. The summed E-state index contributed by atoms with van der Waals surface area (Å²) in [6.07, 6.45) is 7.76. The Kier molecular flexibility index (Phi) is 5.88. The molecule has 1 aliphatic heterocycles. The number of nitrogens with zero attached hydrogens (tertiary/aromatic N) is 1. The van der Waals surface area contributed by atoms with Gasteiger partial charge in [-0.15, -0.1) is 0 Å². The monoisotopic (exact) mass is 268 g/mol. The van der Waals surface area contributed by atoms with Crippen LogP contribution in [0.2, 0.25) is 0 Å². The van der Waals surface area contributed by atoms with E-state index in [1.807, 2.05) is 0 Å². The van der Waals surface area contributed by atoms with Crippen LogP contribution in [0.3, 0.4) is 0 Å². The van der Waals surface area contributed by atoms with Crippen LogP contribution in [0.1, 0.15) is 80.1 Å². The molecule has 2 N–H and O–H groups in total. The Morgan fingerprint density at radius 2 is 1.74 bits per heavy atom. The summed E-state index contributed by atoms with van der Waals surface area (Å²) >= 11 is 0. The van der Waals surface area contributed by atoms with Crippen LogP contribution in [0.25, 0.3) is 0 Å². The van der Waals surface area contributed by atoms with Crippen molar-refractivity contribution in [1.29, 1.82) is 0 Å². The second-order valence-corrected chi connectivity index (χ2v) is 8.55. The first-order chi connectivity index (χ1) is 8.64. The molecular formula is C17H36N2. The molecule has 1 aliphatic rings. The SMILES string of the molecule is CCC(C)(C)CC(CC(C)(C)C)C1CCCCN1N. The van der Waals surface area contributed by atoms with Crippen molar-refractivity contribution in [3.63, 3.8) is 0 Å². The average Bonchev–Trinajstić information content (AvgIpc) is 2.26. The molecule has 2 nitrogen and oxygen atoms in total. The van der Waals surface area contributed by atoms with Crippen molar-refractivity contribution in [2.75, 3.05) is 6.54 Å². The van der Waals surface area contributed by atoms with Gasteiger partial charge in [0.1, 0.15) is 0 Å². The maximum Gasteiger partial charge on any atom is 0.0269 e. The number of rotatable bonds is 5. The van der Waals surface area contributed by atoms with E-state index in [1.54, 1.807) is 0 Å². The Labute approximate surface area is 121 Å². The highest BCUT2D eigenvalue weighted by Crippen LogP contribution is 2.39. The molecular weight excluding hydrogens is 232 g/mol. The Bertz CT molecular complexity index is 265. The van der Waals surface area contributed by atoms with Crippen molar-refractivity contribution < 1.29 is 0 Å². The summed E-state index contributed by atoms with van der Waals surface area (Å²) in [6.45, 7) is 15.3. The minimum absolute atomic E-state index is 0.396. The van der Waals surface area contributed by atoms with E-state index in [-0.39, 0.29) is 0 Å². The largest absolute Gasteiger partial charge is 0.269 e. The summed E-state index contributed by atoms with van der Waals surface area (Å²) < 4.78 is 0. The van der Waals surface area contributed by atoms with Crippen molar-refractivity contribution >= 4 is 0 Å². The Hall–Kier alpha value is -0.0800. The molecule has 0 aromatic heterocycles. The molecule has 1 fully saturated rings. The number of hydrogen-bond acceptors (Lipinski definition) is 2. The number of piperidine rings is 1. The normalized spacial score (nSPS) is 24.5. The van der Waals surface area contributed by atoms with Gasteiger partial charge in [0.25, 0.3) is 0 Å². The maximum absolute atomic E-state index is 6.29. The fourth-order valence-electron chi connectivity index (χ4n) is 3.47. The fraction of sp³-hybridized carbons (Fsp3) is 1.00. The zero-order valence-corrected chi connectivity index (χ0v) is 14.1. The van der Waals surface area contributed by atoms with Crippen molar-refractivity contribution in [2.24, 2.45) is 22.6 Å². The number of nitrogens with two attached hydrogens (primary N) is 1. The minimum Gasteiger partial charge on any atom is -0.269 e. The highest BCUT2D eigenvalue weighted by molar-refractivity contribution is 4.86. The van der Waals surface area contributed by atoms with E-state index >= 15 is 0 Å². The van der Waals surface area contributed by atoms with Crippen LogP contribution in [-0.2, 0) is 0 Å². The lowest BCUT2D eigenvalue weighted by atomic mass is 9.71. The summed E-state index contributed by atoms with van der Waals surface area (Å²) in [5.74, 6) is 7.03. The van der Waals surface area contributed by atoms with Crippen LogP contribution in [0.4, 0.5) is 0 Å². The molecule has 2 heteroatoms. The second-order valence-electron chi connectivity index (χ2n) is 8.55. The van der Waals surface area contributed by atoms with Crippen LogP contribution in [-0.4, -0.2) is 17.6 Å². The van der Waals surface area contributed by atoms with E-state index in [1.165, 1.54) is 38.5 Å². The van der Waals surface area contributed by atoms with E-state index in [4.69, 9.17) is 5.84 Å². The lowest BCUT2D eigenvalue weighted by Gasteiger charge is -2.42. The van der Waals surface area contributed by atoms with E-state index in [0.29, 0.717) is 16.9 Å². The predicted molar refractivity (Wildman–Crippen MR) is 84.8 cm³/mol. The Morgan fingerprint density at radius 1 is 1.11 bits per heavy atom. The van der Waals surface area contributed by atoms with Gasteiger partial charge in [0.2, 0.25) is 0 Å². The molecule has 1 saturated heterocycles. The van der Waals surface area contributed by atoms with Gasteiger partial charge in [-0.25, -0.2) is 5.01 Å². The summed E-state index contributed by atoms with van der Waals surface area (Å²) in [6, 6.07) is 0.596. The molecule has 0 radical (unpaired) electrons. The summed E-state index contributed by atoms with van der Waals surface area (Å²) in [7, 11) is 0. The molecule has 0 spiro atoms. The fourth-order valence-corrected chi connectivity index (χ4v) is 3.47. The topological polar surface area (TPSA) is 29.3 Å². The van der Waals surface area contributed by atoms with Crippen LogP contribution < -0.4 is 5.84 Å². The van der Waals surface area contributed by atoms with E-state index in [0.717, 1.165) is 12.5 Å². The van der Waals surface area contributed by atoms with Crippen LogP contribution in [0.5, 0.6) is 0 Å². The Balaban J connectivity index is 2.78. The standard InChI is InChI=1S/C17H36N2/c1-7-17(5,6)13-14(12-16(2,3)4)15-10-8-9-11-19(15)18/h14-15H,7-13,18H2,1-6H3. The zero-order valence-electron chi connectivity index (χ0n) is 14.1. The van der Waals surface area contributed by atoms with Crippen molar-refractivity contribution in [3.8, 4) is 0 Å². The van der Waals surface area contributed by atoms with Gasteiger partial charge in [0.15, 0.2) is 0 Å². The summed E-state index contributed by atoms with van der Waals surface area (Å²) in [5, 5.41) is 2.14. The smallest absolute Gasteiger partial charge is 0.0269 e. The highest BCUT2D eigenvalue weighted by atomic mass is 15.4. The number of hydrogen-bond donors (Lipinski definition) is 1. The van der Waals surface area contributed by atoms with Crippen LogP contribution in [0, 0.1) is 16.7 Å². The van der Waals surface area contributed by atoms with Crippen molar-refractivity contribution in [2.45, 2.75) is 86.1 Å². The molecule has 1 rings (SSSR count). The van der Waals surface area contributed by atoms with Crippen LogP contribution >= 0.6 is 0 Å². The molecule has 0 bridgehead atoms. The first-order valence-corrected chi connectivity index (χ1v) is 8.16. The Morgan fingerprint density at radius 3 is 2.21 bits per heavy atom. The lowest BCUT2D eigenvalue weighted by molar-refractivity contribution is 0.0539. The number of hydrazine groups is 1. The molecule has 1 heterocycles. The summed E-state index contributed by atoms with van der Waals surface area (Å²) in [4.78, 5) is 0. The molecule has 19 heavy (non-hydrogen) atoms. The van der Waals surface area contributed by atoms with Gasteiger partial charge in [-0.05, 0) is 42.4 Å². The van der Waals surface area contributed by atoms with Gasteiger partial charge in [-0.2, -0.15) is 0 Å². The maximum atomic E-state index is 6.29. The van der Waals surface area contributed by atoms with Gasteiger partial charge in [0, 0.05) is 12.6 Å². The highest BCUT2D eigenvalue weighted by Gasteiger charge is 2.34. The molecule has 2 unspecified atom stereocenters. The molecule has 114 valence electrons. The van der Waals surface area contributed by atoms with Gasteiger partial charge in [-0.3, -0.25) is 5.84 Å². The second kappa shape index (κ2) is 6.58. The molecule has 2 atom stereocenters. The van der Waals surface area contributed by atoms with Gasteiger partial charge >= 0.3 is 0 Å². The summed E-state index contributed by atoms with van der Waals surface area (Å²) in [5.41, 5.74) is 0.834. The van der Waals surface area contributed by atoms with E-state index < -0.39 is 0 Å². The third kappa shape index (κ3) is 5.83. The third-order valence-corrected chi connectivity index (χ3v) is 4.78. The van der Waals surface area contributed by atoms with Crippen molar-refractivity contribution in [3.05, 3.63) is 0 Å². The molecule has 0 amide bonds. The molecule has 0 aliphatic carbocycles. The average molecular weight is 268 g/mol. The van der Waals surface area contributed by atoms with E-state index in [9.17, 15) is 0 Å². The van der Waals surface area contributed by atoms with E-state index in [2.05, 4.69) is 46.6 Å². The van der Waals surface area contributed by atoms with Crippen molar-refractivity contribution in [1.82, 2.24) is 5.01 Å². The quantitative estimate of drug-likeness (QED) is 0.739. The predicted octanol–water partition coefficient (Wildman–Crippen LogP) is 4.59. The zero-order chi connectivity index (χ0) is 14.7. The molecule has 0 aromatic rings. The first kappa shape index (κ1) is 17.0. The molecule has 0 saturated carbocycles. The lowest BCUT2D eigenvalue weighted by Crippen LogP contribution is -2.49. The minimum atomic E-state index is 0.396. The molecule has 0 aromatic carbocycles. The van der Waals surface area contributed by atoms with Gasteiger partial charge in [0.05, 0.1) is 0 Å². The van der Waals surface area contributed by atoms with Gasteiger partial charge < -0.3 is 0 Å². The van der Waals surface area contributed by atoms with Crippen LogP contribution in [0.15, 0.2) is 0 Å².